The van der Waals surface area contributed by atoms with Gasteiger partial charge in [0.2, 0.25) is 11.8 Å². The molecule has 25 heavy (non-hydrogen) atoms. The highest BCUT2D eigenvalue weighted by Gasteiger charge is 2.46. The number of thiophene rings is 1. The number of carbonyl (C=O) groups excluding carboxylic acids is 2. The highest BCUT2D eigenvalue weighted by molar-refractivity contribution is 7.10. The monoisotopic (exact) mass is 366 g/mol. The van der Waals surface area contributed by atoms with E-state index in [0.717, 1.165) is 17.7 Å². The van der Waals surface area contributed by atoms with Gasteiger partial charge in [0, 0.05) is 51.3 Å². The standard InChI is InChI=1S/C18H26N2O4S/c1-23-9-3-7-20-16(21)5-8-19(13-18(20)6-10-24-14-18)17(22)12-15-4-2-11-25-15/h2,4,11H,3,5-10,12-14H2,1H3. The van der Waals surface area contributed by atoms with E-state index in [1.54, 1.807) is 18.4 Å². The van der Waals surface area contributed by atoms with Gasteiger partial charge in [-0.1, -0.05) is 6.07 Å². The summed E-state index contributed by atoms with van der Waals surface area (Å²) in [6.45, 7) is 3.49. The molecule has 0 saturated carbocycles. The molecule has 1 aromatic heterocycles. The molecule has 138 valence electrons. The summed E-state index contributed by atoms with van der Waals surface area (Å²) in [7, 11) is 1.67. The van der Waals surface area contributed by atoms with Crippen LogP contribution in [0.15, 0.2) is 17.5 Å². The number of hydrogen-bond acceptors (Lipinski definition) is 5. The number of methoxy groups -OCH3 is 1. The molecule has 2 aliphatic rings. The number of ether oxygens (including phenoxy) is 2. The van der Waals surface area contributed by atoms with E-state index in [1.165, 1.54) is 0 Å². The van der Waals surface area contributed by atoms with E-state index in [4.69, 9.17) is 9.47 Å². The number of amides is 2. The third-order valence-corrected chi connectivity index (χ3v) is 5.90. The van der Waals surface area contributed by atoms with Crippen LogP contribution in [0.25, 0.3) is 0 Å². The largest absolute Gasteiger partial charge is 0.385 e. The van der Waals surface area contributed by atoms with Crippen molar-refractivity contribution in [3.63, 3.8) is 0 Å². The zero-order chi connectivity index (χ0) is 17.7. The molecule has 2 saturated heterocycles. The lowest BCUT2D eigenvalue weighted by molar-refractivity contribution is -0.137. The first-order valence-corrected chi connectivity index (χ1v) is 9.70. The fourth-order valence-electron chi connectivity index (χ4n) is 3.70. The Morgan fingerprint density at radius 2 is 2.36 bits per heavy atom. The van der Waals surface area contributed by atoms with Gasteiger partial charge in [0.05, 0.1) is 18.6 Å². The second-order valence-corrected chi connectivity index (χ2v) is 7.77. The Labute approximate surface area is 152 Å². The number of rotatable bonds is 6. The average molecular weight is 366 g/mol. The molecular weight excluding hydrogens is 340 g/mol. The van der Waals surface area contributed by atoms with Gasteiger partial charge in [-0.15, -0.1) is 11.3 Å². The molecule has 0 aromatic carbocycles. The summed E-state index contributed by atoms with van der Waals surface area (Å²) in [4.78, 5) is 30.4. The summed E-state index contributed by atoms with van der Waals surface area (Å²) in [6, 6.07) is 3.94. The lowest BCUT2D eigenvalue weighted by Crippen LogP contribution is -2.57. The molecule has 0 radical (unpaired) electrons. The maximum absolute atomic E-state index is 12.8. The molecule has 0 N–H and O–H groups in total. The molecular formula is C18H26N2O4S. The van der Waals surface area contributed by atoms with Crippen LogP contribution in [-0.2, 0) is 25.5 Å². The molecule has 2 aliphatic heterocycles. The van der Waals surface area contributed by atoms with Crippen molar-refractivity contribution in [1.29, 1.82) is 0 Å². The van der Waals surface area contributed by atoms with Crippen LogP contribution in [0.5, 0.6) is 0 Å². The maximum Gasteiger partial charge on any atom is 0.227 e. The van der Waals surface area contributed by atoms with Crippen LogP contribution in [0.4, 0.5) is 0 Å². The quantitative estimate of drug-likeness (QED) is 0.717. The minimum Gasteiger partial charge on any atom is -0.385 e. The van der Waals surface area contributed by atoms with Crippen LogP contribution in [0.1, 0.15) is 24.1 Å². The SMILES string of the molecule is COCCCN1C(=O)CCN(C(=O)Cc2cccs2)CC12CCOC2. The fraction of sp³-hybridized carbons (Fsp3) is 0.667. The van der Waals surface area contributed by atoms with E-state index in [0.29, 0.717) is 52.3 Å². The van der Waals surface area contributed by atoms with Gasteiger partial charge in [0.15, 0.2) is 0 Å². The third-order valence-electron chi connectivity index (χ3n) is 5.03. The Morgan fingerprint density at radius 1 is 1.48 bits per heavy atom. The topological polar surface area (TPSA) is 59.1 Å². The van der Waals surface area contributed by atoms with E-state index in [-0.39, 0.29) is 17.4 Å². The summed E-state index contributed by atoms with van der Waals surface area (Å²) in [5.74, 6) is 0.216. The van der Waals surface area contributed by atoms with Crippen molar-refractivity contribution in [3.05, 3.63) is 22.4 Å². The summed E-state index contributed by atoms with van der Waals surface area (Å²) < 4.78 is 10.8. The maximum atomic E-state index is 12.8. The number of nitrogens with zero attached hydrogens (tertiary/aromatic N) is 2. The summed E-state index contributed by atoms with van der Waals surface area (Å²) >= 11 is 1.60. The lowest BCUT2D eigenvalue weighted by atomic mass is 9.95. The van der Waals surface area contributed by atoms with Gasteiger partial charge in [-0.3, -0.25) is 9.59 Å². The third kappa shape index (κ3) is 4.22. The Hall–Kier alpha value is -1.44. The van der Waals surface area contributed by atoms with Crippen molar-refractivity contribution in [3.8, 4) is 0 Å². The van der Waals surface area contributed by atoms with Crippen molar-refractivity contribution in [2.24, 2.45) is 0 Å². The zero-order valence-electron chi connectivity index (χ0n) is 14.7. The van der Waals surface area contributed by atoms with Gasteiger partial charge in [-0.25, -0.2) is 0 Å². The van der Waals surface area contributed by atoms with Crippen LogP contribution in [-0.4, -0.2) is 73.7 Å². The van der Waals surface area contributed by atoms with Crippen molar-refractivity contribution < 1.29 is 19.1 Å². The minimum atomic E-state index is -0.383. The van der Waals surface area contributed by atoms with Crippen LogP contribution < -0.4 is 0 Å². The zero-order valence-corrected chi connectivity index (χ0v) is 15.6. The molecule has 6 nitrogen and oxygen atoms in total. The van der Waals surface area contributed by atoms with Gasteiger partial charge in [-0.2, -0.15) is 0 Å². The van der Waals surface area contributed by atoms with E-state index < -0.39 is 0 Å². The van der Waals surface area contributed by atoms with Gasteiger partial charge in [0.25, 0.3) is 0 Å². The second-order valence-electron chi connectivity index (χ2n) is 6.74. The minimum absolute atomic E-state index is 0.0975. The van der Waals surface area contributed by atoms with E-state index in [2.05, 4.69) is 0 Å². The van der Waals surface area contributed by atoms with Crippen molar-refractivity contribution >= 4 is 23.2 Å². The summed E-state index contributed by atoms with van der Waals surface area (Å²) in [5, 5.41) is 1.98. The molecule has 1 spiro atoms. The fourth-order valence-corrected chi connectivity index (χ4v) is 4.40. The van der Waals surface area contributed by atoms with Crippen molar-refractivity contribution in [2.45, 2.75) is 31.2 Å². The first-order valence-electron chi connectivity index (χ1n) is 8.82. The smallest absolute Gasteiger partial charge is 0.227 e. The first-order chi connectivity index (χ1) is 12.1. The van der Waals surface area contributed by atoms with Crippen LogP contribution in [0.2, 0.25) is 0 Å². The molecule has 1 unspecified atom stereocenters. The normalized spacial score (nSPS) is 24.1. The molecule has 3 rings (SSSR count). The van der Waals surface area contributed by atoms with Crippen LogP contribution in [0.3, 0.4) is 0 Å². The number of carbonyl (C=O) groups is 2. The molecule has 0 aliphatic carbocycles. The average Bonchev–Trinajstić information content (AvgIpc) is 3.25. The van der Waals surface area contributed by atoms with Crippen molar-refractivity contribution in [1.82, 2.24) is 9.80 Å². The number of hydrogen-bond donors (Lipinski definition) is 0. The second kappa shape index (κ2) is 8.29. The van der Waals surface area contributed by atoms with E-state index in [1.807, 2.05) is 27.3 Å². The predicted molar refractivity (Wildman–Crippen MR) is 95.6 cm³/mol. The Morgan fingerprint density at radius 3 is 3.04 bits per heavy atom. The molecule has 3 heterocycles. The highest BCUT2D eigenvalue weighted by Crippen LogP contribution is 2.31. The Bertz CT molecular complexity index is 584. The van der Waals surface area contributed by atoms with E-state index >= 15 is 0 Å². The molecule has 7 heteroatoms. The Kier molecular flexibility index (Phi) is 6.09. The van der Waals surface area contributed by atoms with Crippen LogP contribution in [0, 0.1) is 0 Å². The van der Waals surface area contributed by atoms with Gasteiger partial charge in [0.1, 0.15) is 0 Å². The van der Waals surface area contributed by atoms with Gasteiger partial charge in [-0.05, 0) is 24.3 Å². The Balaban J connectivity index is 1.74. The summed E-state index contributed by atoms with van der Waals surface area (Å²) in [5.41, 5.74) is -0.383. The predicted octanol–water partition coefficient (Wildman–Crippen LogP) is 1.55. The lowest BCUT2D eigenvalue weighted by Gasteiger charge is -2.40. The molecule has 2 fully saturated rings. The van der Waals surface area contributed by atoms with E-state index in [9.17, 15) is 9.59 Å². The molecule has 1 aromatic rings. The molecule has 0 bridgehead atoms. The van der Waals surface area contributed by atoms with Gasteiger partial charge < -0.3 is 19.3 Å². The van der Waals surface area contributed by atoms with Crippen molar-refractivity contribution in [2.75, 3.05) is 46.6 Å². The molecule has 2 amide bonds. The summed E-state index contributed by atoms with van der Waals surface area (Å²) in [6.07, 6.45) is 2.37. The van der Waals surface area contributed by atoms with Crippen LogP contribution >= 0.6 is 11.3 Å². The highest BCUT2D eigenvalue weighted by atomic mass is 32.1. The van der Waals surface area contributed by atoms with Gasteiger partial charge >= 0.3 is 0 Å². The molecule has 1 atom stereocenters. The first kappa shape index (κ1) is 18.4.